The number of hydrogen-bond donors (Lipinski definition) is 1. The van der Waals surface area contributed by atoms with Crippen molar-refractivity contribution in [3.63, 3.8) is 0 Å². The third kappa shape index (κ3) is 4.55. The lowest BCUT2D eigenvalue weighted by molar-refractivity contribution is 0.0711. The fourth-order valence-corrected chi connectivity index (χ4v) is 4.17. The molecule has 1 saturated carbocycles. The van der Waals surface area contributed by atoms with Crippen LogP contribution < -0.4 is 5.32 Å². The topological polar surface area (TPSA) is 39.1 Å². The van der Waals surface area contributed by atoms with Gasteiger partial charge in [0.25, 0.3) is 0 Å². The molecule has 0 aromatic carbocycles. The fraction of sp³-hybridized carbons (Fsp3) is 0.824. The Bertz CT molecular complexity index is 435. The smallest absolute Gasteiger partial charge is 0.0951 e. The summed E-state index contributed by atoms with van der Waals surface area (Å²) in [6.45, 7) is 12.1. The molecule has 21 heavy (non-hydrogen) atoms. The van der Waals surface area contributed by atoms with Gasteiger partial charge in [0.1, 0.15) is 0 Å². The molecule has 1 aromatic rings. The average molecular weight is 293 g/mol. The van der Waals surface area contributed by atoms with Crippen molar-refractivity contribution in [2.45, 2.75) is 59.5 Å². The van der Waals surface area contributed by atoms with E-state index in [9.17, 15) is 0 Å². The molecule has 0 unspecified atom stereocenters. The molecule has 2 rings (SSSR count). The molecule has 120 valence electrons. The van der Waals surface area contributed by atoms with Crippen LogP contribution in [-0.4, -0.2) is 29.8 Å². The minimum Gasteiger partial charge on any atom is -0.383 e. The first-order chi connectivity index (χ1) is 9.83. The third-order valence-electron chi connectivity index (χ3n) is 4.46. The fourth-order valence-electron chi connectivity index (χ4n) is 4.17. The van der Waals surface area contributed by atoms with Gasteiger partial charge in [0.05, 0.1) is 18.6 Å². The number of imidazole rings is 1. The van der Waals surface area contributed by atoms with E-state index in [2.05, 4.69) is 42.6 Å². The number of aromatic nitrogens is 2. The zero-order valence-corrected chi connectivity index (χ0v) is 14.3. The number of ether oxygens (including phenoxy) is 1. The van der Waals surface area contributed by atoms with E-state index in [0.29, 0.717) is 16.9 Å². The van der Waals surface area contributed by atoms with Crippen LogP contribution in [0, 0.1) is 10.8 Å². The summed E-state index contributed by atoms with van der Waals surface area (Å²) in [7, 11) is 1.73. The van der Waals surface area contributed by atoms with Crippen LogP contribution in [-0.2, 0) is 11.3 Å². The predicted molar refractivity (Wildman–Crippen MR) is 86.3 cm³/mol. The molecule has 1 fully saturated rings. The summed E-state index contributed by atoms with van der Waals surface area (Å²) in [4.78, 5) is 4.38. The van der Waals surface area contributed by atoms with E-state index in [1.165, 1.54) is 25.0 Å². The number of hydrogen-bond acceptors (Lipinski definition) is 3. The molecule has 1 aromatic heterocycles. The second-order valence-corrected chi connectivity index (χ2v) is 8.03. The molecule has 0 aliphatic heterocycles. The van der Waals surface area contributed by atoms with Crippen molar-refractivity contribution in [1.82, 2.24) is 14.9 Å². The molecule has 4 nitrogen and oxygen atoms in total. The summed E-state index contributed by atoms with van der Waals surface area (Å²) in [5.41, 5.74) is 2.08. The Morgan fingerprint density at radius 3 is 2.57 bits per heavy atom. The highest BCUT2D eigenvalue weighted by atomic mass is 16.5. The predicted octanol–water partition coefficient (Wildman–Crippen LogP) is 3.40. The Balaban J connectivity index is 2.06. The second-order valence-electron chi connectivity index (χ2n) is 8.03. The number of methoxy groups -OCH3 is 1. The van der Waals surface area contributed by atoms with E-state index in [-0.39, 0.29) is 0 Å². The minimum absolute atomic E-state index is 0.400. The molecule has 1 heterocycles. The van der Waals surface area contributed by atoms with Crippen molar-refractivity contribution in [1.29, 1.82) is 0 Å². The third-order valence-corrected chi connectivity index (χ3v) is 4.46. The molecule has 0 saturated heterocycles. The standard InChI is InChI=1S/C17H31N3O/c1-16(2)8-14(9-17(3,4)12-16)20-13-19-11-15(20)10-18-6-7-21-5/h11,13-14,18H,6-10,12H2,1-5H3. The molecule has 0 bridgehead atoms. The van der Waals surface area contributed by atoms with Crippen molar-refractivity contribution in [3.8, 4) is 0 Å². The first-order valence-electron chi connectivity index (χ1n) is 8.03. The van der Waals surface area contributed by atoms with Crippen molar-refractivity contribution in [2.24, 2.45) is 10.8 Å². The van der Waals surface area contributed by atoms with Crippen LogP contribution in [0.3, 0.4) is 0 Å². The highest BCUT2D eigenvalue weighted by Gasteiger charge is 2.39. The molecule has 0 radical (unpaired) electrons. The van der Waals surface area contributed by atoms with Gasteiger partial charge in [-0.05, 0) is 30.1 Å². The Morgan fingerprint density at radius 1 is 1.29 bits per heavy atom. The average Bonchev–Trinajstić information content (AvgIpc) is 2.79. The number of nitrogens with one attached hydrogen (secondary N) is 1. The van der Waals surface area contributed by atoms with Gasteiger partial charge < -0.3 is 14.6 Å². The summed E-state index contributed by atoms with van der Waals surface area (Å²) >= 11 is 0. The molecule has 1 aliphatic carbocycles. The minimum atomic E-state index is 0.400. The molecular weight excluding hydrogens is 262 g/mol. The maximum Gasteiger partial charge on any atom is 0.0951 e. The Kier molecular flexibility index (Phi) is 5.10. The normalized spacial score (nSPS) is 21.6. The van der Waals surface area contributed by atoms with Crippen LogP contribution >= 0.6 is 0 Å². The quantitative estimate of drug-likeness (QED) is 0.817. The van der Waals surface area contributed by atoms with Crippen molar-refractivity contribution in [3.05, 3.63) is 18.2 Å². The first kappa shape index (κ1) is 16.5. The lowest BCUT2D eigenvalue weighted by atomic mass is 9.63. The molecule has 1 N–H and O–H groups in total. The number of nitrogens with zero attached hydrogens (tertiary/aromatic N) is 2. The second kappa shape index (κ2) is 6.49. The zero-order chi connectivity index (χ0) is 15.5. The van der Waals surface area contributed by atoms with Gasteiger partial charge in [-0.25, -0.2) is 4.98 Å². The maximum atomic E-state index is 5.08. The summed E-state index contributed by atoms with van der Waals surface area (Å²) in [5, 5.41) is 3.42. The van der Waals surface area contributed by atoms with Gasteiger partial charge in [-0.1, -0.05) is 27.7 Å². The van der Waals surface area contributed by atoms with Gasteiger partial charge in [0, 0.05) is 32.4 Å². The summed E-state index contributed by atoms with van der Waals surface area (Å²) in [6, 6.07) is 0.561. The van der Waals surface area contributed by atoms with Gasteiger partial charge >= 0.3 is 0 Å². The van der Waals surface area contributed by atoms with Crippen LogP contribution in [0.5, 0.6) is 0 Å². The van der Waals surface area contributed by atoms with E-state index in [1.807, 2.05) is 12.5 Å². The lowest BCUT2D eigenvalue weighted by Gasteiger charge is -2.45. The van der Waals surface area contributed by atoms with E-state index < -0.39 is 0 Å². The highest BCUT2D eigenvalue weighted by Crippen LogP contribution is 2.50. The Morgan fingerprint density at radius 2 is 1.95 bits per heavy atom. The van der Waals surface area contributed by atoms with E-state index in [0.717, 1.165) is 19.7 Å². The summed E-state index contributed by atoms with van der Waals surface area (Å²) in [5.74, 6) is 0. The van der Waals surface area contributed by atoms with Gasteiger partial charge in [0.2, 0.25) is 0 Å². The van der Waals surface area contributed by atoms with Crippen molar-refractivity contribution < 1.29 is 4.74 Å². The monoisotopic (exact) mass is 293 g/mol. The molecular formula is C17H31N3O. The summed E-state index contributed by atoms with van der Waals surface area (Å²) < 4.78 is 7.47. The van der Waals surface area contributed by atoms with Crippen LogP contribution in [0.1, 0.15) is 58.7 Å². The van der Waals surface area contributed by atoms with Crippen molar-refractivity contribution in [2.75, 3.05) is 20.3 Å². The summed E-state index contributed by atoms with van der Waals surface area (Å²) in [6.07, 6.45) is 7.77. The van der Waals surface area contributed by atoms with Gasteiger partial charge in [-0.2, -0.15) is 0 Å². The lowest BCUT2D eigenvalue weighted by Crippen LogP contribution is -2.35. The van der Waals surface area contributed by atoms with Crippen LogP contribution in [0.2, 0.25) is 0 Å². The van der Waals surface area contributed by atoms with E-state index in [1.54, 1.807) is 7.11 Å². The Labute approximate surface area is 129 Å². The first-order valence-corrected chi connectivity index (χ1v) is 8.03. The molecule has 0 amide bonds. The van der Waals surface area contributed by atoms with Crippen LogP contribution in [0.15, 0.2) is 12.5 Å². The maximum absolute atomic E-state index is 5.08. The molecule has 0 spiro atoms. The largest absolute Gasteiger partial charge is 0.383 e. The zero-order valence-electron chi connectivity index (χ0n) is 14.3. The molecule has 4 heteroatoms. The van der Waals surface area contributed by atoms with Crippen molar-refractivity contribution >= 4 is 0 Å². The van der Waals surface area contributed by atoms with Crippen LogP contribution in [0.4, 0.5) is 0 Å². The SMILES string of the molecule is COCCNCc1cncn1C1CC(C)(C)CC(C)(C)C1. The number of rotatable bonds is 6. The van der Waals surface area contributed by atoms with Gasteiger partial charge in [-0.3, -0.25) is 0 Å². The van der Waals surface area contributed by atoms with Crippen LogP contribution in [0.25, 0.3) is 0 Å². The van der Waals surface area contributed by atoms with E-state index in [4.69, 9.17) is 4.74 Å². The molecule has 0 atom stereocenters. The molecule has 1 aliphatic rings. The van der Waals surface area contributed by atoms with Gasteiger partial charge in [-0.15, -0.1) is 0 Å². The Hall–Kier alpha value is -0.870. The highest BCUT2D eigenvalue weighted by molar-refractivity contribution is 5.03. The van der Waals surface area contributed by atoms with Gasteiger partial charge in [0.15, 0.2) is 0 Å². The van der Waals surface area contributed by atoms with E-state index >= 15 is 0 Å².